The Morgan fingerprint density at radius 1 is 1.23 bits per heavy atom. The highest BCUT2D eigenvalue weighted by Crippen LogP contribution is 2.34. The number of hydrogen-bond acceptors (Lipinski definition) is 5. The molecule has 1 aromatic carbocycles. The summed E-state index contributed by atoms with van der Waals surface area (Å²) in [6, 6.07) is 8.45. The number of likely N-dealkylation sites (tertiary alicyclic amines) is 1. The SMILES string of the molecule is CCN1CCC(Nc2n[nH]c3nccc(Oc4ccccc4F)c23)CC1. The van der Waals surface area contributed by atoms with Crippen molar-refractivity contribution in [3.05, 3.63) is 42.3 Å². The second-order valence-corrected chi connectivity index (χ2v) is 6.49. The molecule has 0 saturated carbocycles. The van der Waals surface area contributed by atoms with Crippen molar-refractivity contribution >= 4 is 16.9 Å². The Morgan fingerprint density at radius 3 is 2.81 bits per heavy atom. The highest BCUT2D eigenvalue weighted by Gasteiger charge is 2.21. The van der Waals surface area contributed by atoms with Crippen LogP contribution < -0.4 is 10.1 Å². The molecule has 1 aliphatic rings. The molecule has 6 nitrogen and oxygen atoms in total. The maximum Gasteiger partial charge on any atom is 0.165 e. The summed E-state index contributed by atoms with van der Waals surface area (Å²) >= 11 is 0. The van der Waals surface area contributed by atoms with Crippen LogP contribution >= 0.6 is 0 Å². The molecule has 0 amide bonds. The Morgan fingerprint density at radius 2 is 2.04 bits per heavy atom. The predicted molar refractivity (Wildman–Crippen MR) is 99.1 cm³/mol. The Hall–Kier alpha value is -2.67. The normalized spacial score (nSPS) is 16.1. The number of H-pyrrole nitrogens is 1. The molecule has 1 fully saturated rings. The van der Waals surface area contributed by atoms with E-state index in [4.69, 9.17) is 4.74 Å². The van der Waals surface area contributed by atoms with Crippen LogP contribution in [-0.2, 0) is 0 Å². The molecule has 1 saturated heterocycles. The lowest BCUT2D eigenvalue weighted by Crippen LogP contribution is -2.38. The van der Waals surface area contributed by atoms with Gasteiger partial charge in [0.1, 0.15) is 11.1 Å². The minimum absolute atomic E-state index is 0.184. The van der Waals surface area contributed by atoms with Gasteiger partial charge in [0.2, 0.25) is 0 Å². The summed E-state index contributed by atoms with van der Waals surface area (Å²) in [7, 11) is 0. The Bertz CT molecular complexity index is 889. The fourth-order valence-corrected chi connectivity index (χ4v) is 3.34. The minimum atomic E-state index is -0.401. The molecular formula is C19H22FN5O. The lowest BCUT2D eigenvalue weighted by Gasteiger charge is -2.31. The maximum absolute atomic E-state index is 14.0. The van der Waals surface area contributed by atoms with E-state index in [9.17, 15) is 4.39 Å². The van der Waals surface area contributed by atoms with Crippen molar-refractivity contribution in [3.8, 4) is 11.5 Å². The summed E-state index contributed by atoms with van der Waals surface area (Å²) in [6.07, 6.45) is 3.75. The molecule has 7 heteroatoms. The number of hydrogen-bond donors (Lipinski definition) is 2. The van der Waals surface area contributed by atoms with Gasteiger partial charge in [0.05, 0.1) is 0 Å². The summed E-state index contributed by atoms with van der Waals surface area (Å²) in [5.74, 6) is 1.02. The monoisotopic (exact) mass is 355 g/mol. The zero-order valence-electron chi connectivity index (χ0n) is 14.7. The first-order valence-electron chi connectivity index (χ1n) is 8.99. The summed E-state index contributed by atoms with van der Waals surface area (Å²) in [6.45, 7) is 5.43. The molecule has 2 aromatic heterocycles. The number of pyridine rings is 1. The molecule has 2 N–H and O–H groups in total. The number of aromatic amines is 1. The second-order valence-electron chi connectivity index (χ2n) is 6.49. The van der Waals surface area contributed by atoms with Crippen LogP contribution in [0.3, 0.4) is 0 Å². The van der Waals surface area contributed by atoms with Crippen LogP contribution in [0.25, 0.3) is 11.0 Å². The van der Waals surface area contributed by atoms with Gasteiger partial charge in [0.25, 0.3) is 0 Å². The molecule has 0 bridgehead atoms. The van der Waals surface area contributed by atoms with E-state index in [1.807, 2.05) is 0 Å². The lowest BCUT2D eigenvalue weighted by molar-refractivity contribution is 0.229. The Labute approximate surface area is 151 Å². The summed E-state index contributed by atoms with van der Waals surface area (Å²) < 4.78 is 19.8. The van der Waals surface area contributed by atoms with Crippen LogP contribution in [0.5, 0.6) is 11.5 Å². The smallest absolute Gasteiger partial charge is 0.165 e. The summed E-state index contributed by atoms with van der Waals surface area (Å²) in [5.41, 5.74) is 0.618. The van der Waals surface area contributed by atoms with E-state index in [1.54, 1.807) is 30.5 Å². The van der Waals surface area contributed by atoms with Gasteiger partial charge in [-0.2, -0.15) is 5.10 Å². The van der Waals surface area contributed by atoms with Crippen molar-refractivity contribution in [2.24, 2.45) is 0 Å². The molecule has 3 heterocycles. The maximum atomic E-state index is 14.0. The van der Waals surface area contributed by atoms with Gasteiger partial charge in [-0.1, -0.05) is 19.1 Å². The fourth-order valence-electron chi connectivity index (χ4n) is 3.34. The molecule has 0 aliphatic carbocycles. The van der Waals surface area contributed by atoms with Crippen molar-refractivity contribution < 1.29 is 9.13 Å². The van der Waals surface area contributed by atoms with E-state index in [2.05, 4.69) is 32.3 Å². The average molecular weight is 355 g/mol. The molecule has 26 heavy (non-hydrogen) atoms. The molecule has 3 aromatic rings. The van der Waals surface area contributed by atoms with Crippen molar-refractivity contribution in [2.75, 3.05) is 25.0 Å². The molecule has 0 spiro atoms. The molecular weight excluding hydrogens is 333 g/mol. The number of fused-ring (bicyclic) bond motifs is 1. The number of piperidine rings is 1. The number of nitrogens with one attached hydrogen (secondary N) is 2. The van der Waals surface area contributed by atoms with Crippen LogP contribution in [0.2, 0.25) is 0 Å². The zero-order chi connectivity index (χ0) is 17.9. The number of aromatic nitrogens is 3. The third-order valence-electron chi connectivity index (χ3n) is 4.86. The van der Waals surface area contributed by atoms with E-state index in [1.165, 1.54) is 6.07 Å². The van der Waals surface area contributed by atoms with E-state index in [0.29, 0.717) is 23.3 Å². The molecule has 136 valence electrons. The lowest BCUT2D eigenvalue weighted by atomic mass is 10.1. The fraction of sp³-hybridized carbons (Fsp3) is 0.368. The molecule has 0 atom stereocenters. The third kappa shape index (κ3) is 3.35. The zero-order valence-corrected chi connectivity index (χ0v) is 14.7. The van der Waals surface area contributed by atoms with Crippen LogP contribution in [0.4, 0.5) is 10.2 Å². The Kier molecular flexibility index (Phi) is 4.71. The largest absolute Gasteiger partial charge is 0.453 e. The predicted octanol–water partition coefficient (Wildman–Crippen LogP) is 3.79. The Balaban J connectivity index is 1.59. The summed E-state index contributed by atoms with van der Waals surface area (Å²) in [4.78, 5) is 6.74. The third-order valence-corrected chi connectivity index (χ3v) is 4.86. The van der Waals surface area contributed by atoms with E-state index < -0.39 is 5.82 Å². The number of benzene rings is 1. The van der Waals surface area contributed by atoms with Crippen LogP contribution in [0.1, 0.15) is 19.8 Å². The highest BCUT2D eigenvalue weighted by molar-refractivity contribution is 5.93. The number of rotatable bonds is 5. The highest BCUT2D eigenvalue weighted by atomic mass is 19.1. The van der Waals surface area contributed by atoms with Gasteiger partial charge in [0, 0.05) is 31.4 Å². The van der Waals surface area contributed by atoms with Crippen LogP contribution in [0.15, 0.2) is 36.5 Å². The van der Waals surface area contributed by atoms with Gasteiger partial charge in [-0.3, -0.25) is 5.10 Å². The van der Waals surface area contributed by atoms with Crippen molar-refractivity contribution in [1.29, 1.82) is 0 Å². The van der Waals surface area contributed by atoms with Crippen molar-refractivity contribution in [1.82, 2.24) is 20.1 Å². The molecule has 4 rings (SSSR count). The van der Waals surface area contributed by atoms with Crippen LogP contribution in [-0.4, -0.2) is 45.8 Å². The minimum Gasteiger partial charge on any atom is -0.453 e. The summed E-state index contributed by atoms with van der Waals surface area (Å²) in [5, 5.41) is 11.5. The molecule has 1 aliphatic heterocycles. The first kappa shape index (κ1) is 16.8. The van der Waals surface area contributed by atoms with Crippen molar-refractivity contribution in [3.63, 3.8) is 0 Å². The number of ether oxygens (including phenoxy) is 1. The number of nitrogens with zero attached hydrogens (tertiary/aromatic N) is 3. The van der Waals surface area contributed by atoms with Gasteiger partial charge in [-0.05, 0) is 31.5 Å². The van der Waals surface area contributed by atoms with Gasteiger partial charge >= 0.3 is 0 Å². The van der Waals surface area contributed by atoms with Gasteiger partial charge < -0.3 is 15.0 Å². The van der Waals surface area contributed by atoms with Crippen LogP contribution in [0, 0.1) is 5.82 Å². The van der Waals surface area contributed by atoms with Gasteiger partial charge in [-0.25, -0.2) is 9.37 Å². The first-order valence-corrected chi connectivity index (χ1v) is 8.99. The number of anilines is 1. The van der Waals surface area contributed by atoms with E-state index in [-0.39, 0.29) is 5.75 Å². The average Bonchev–Trinajstić information content (AvgIpc) is 3.08. The number of halogens is 1. The van der Waals surface area contributed by atoms with Gasteiger partial charge in [-0.15, -0.1) is 0 Å². The standard InChI is InChI=1S/C19H22FN5O/c1-2-25-11-8-13(9-12-25)22-19-17-16(7-10-21-18(17)23-24-19)26-15-6-4-3-5-14(15)20/h3-7,10,13H,2,8-9,11-12H2,1H3,(H2,21,22,23,24). The van der Waals surface area contributed by atoms with E-state index >= 15 is 0 Å². The van der Waals surface area contributed by atoms with Crippen molar-refractivity contribution in [2.45, 2.75) is 25.8 Å². The number of para-hydroxylation sites is 1. The van der Waals surface area contributed by atoms with E-state index in [0.717, 1.165) is 37.9 Å². The molecule has 0 unspecified atom stereocenters. The quantitative estimate of drug-likeness (QED) is 0.729. The van der Waals surface area contributed by atoms with Gasteiger partial charge in [0.15, 0.2) is 23.0 Å². The molecule has 0 radical (unpaired) electrons. The first-order chi connectivity index (χ1) is 12.7. The topological polar surface area (TPSA) is 66.1 Å². The second kappa shape index (κ2) is 7.29.